The fourth-order valence-electron chi connectivity index (χ4n) is 4.35. The van der Waals surface area contributed by atoms with Gasteiger partial charge in [0.15, 0.2) is 0 Å². The number of rotatable bonds is 3. The summed E-state index contributed by atoms with van der Waals surface area (Å²) in [5.41, 5.74) is 4.00. The summed E-state index contributed by atoms with van der Waals surface area (Å²) in [6.45, 7) is 4.86. The summed E-state index contributed by atoms with van der Waals surface area (Å²) in [5.74, 6) is 0.0866. The van der Waals surface area contributed by atoms with E-state index in [0.29, 0.717) is 18.5 Å². The summed E-state index contributed by atoms with van der Waals surface area (Å²) in [7, 11) is 0. The van der Waals surface area contributed by atoms with E-state index in [-0.39, 0.29) is 17.4 Å². The van der Waals surface area contributed by atoms with E-state index in [4.69, 9.17) is 0 Å². The lowest BCUT2D eigenvalue weighted by atomic mass is 9.97. The van der Waals surface area contributed by atoms with E-state index in [9.17, 15) is 9.59 Å². The maximum Gasteiger partial charge on any atom is 0.256 e. The second kappa shape index (κ2) is 6.78. The highest BCUT2D eigenvalue weighted by Gasteiger charge is 2.27. The summed E-state index contributed by atoms with van der Waals surface area (Å²) >= 11 is 0. The Bertz CT molecular complexity index is 1310. The molecule has 5 nitrogen and oxygen atoms in total. The highest BCUT2D eigenvalue weighted by molar-refractivity contribution is 5.97. The number of likely N-dealkylation sites (tertiary alicyclic amines) is 1. The molecule has 1 atom stereocenters. The topological polar surface area (TPSA) is 69.0 Å². The van der Waals surface area contributed by atoms with Crippen LogP contribution in [0.25, 0.3) is 32.8 Å². The Morgan fingerprint density at radius 2 is 2.03 bits per heavy atom. The van der Waals surface area contributed by atoms with Crippen LogP contribution in [0.15, 0.2) is 72.2 Å². The first-order valence-corrected chi connectivity index (χ1v) is 9.79. The molecule has 29 heavy (non-hydrogen) atoms. The molecule has 1 saturated heterocycles. The molecule has 2 aromatic heterocycles. The molecule has 1 fully saturated rings. The van der Waals surface area contributed by atoms with Crippen LogP contribution in [0.1, 0.15) is 18.0 Å². The summed E-state index contributed by atoms with van der Waals surface area (Å²) < 4.78 is 0. The fraction of sp³-hybridized carbons (Fsp3) is 0.167. The van der Waals surface area contributed by atoms with Gasteiger partial charge in [0.05, 0.1) is 0 Å². The molecule has 3 heterocycles. The number of pyridine rings is 1. The van der Waals surface area contributed by atoms with E-state index < -0.39 is 0 Å². The zero-order valence-electron chi connectivity index (χ0n) is 15.9. The van der Waals surface area contributed by atoms with E-state index in [1.807, 2.05) is 36.5 Å². The van der Waals surface area contributed by atoms with Crippen LogP contribution in [0.3, 0.4) is 0 Å². The maximum atomic E-state index is 12.9. The minimum atomic E-state index is -0.0888. The number of aromatic amines is 2. The Labute approximate surface area is 167 Å². The average molecular weight is 383 g/mol. The van der Waals surface area contributed by atoms with Crippen molar-refractivity contribution < 1.29 is 4.79 Å². The van der Waals surface area contributed by atoms with Gasteiger partial charge in [-0.2, -0.15) is 0 Å². The lowest BCUT2D eigenvalue weighted by Crippen LogP contribution is -2.26. The van der Waals surface area contributed by atoms with E-state index in [2.05, 4.69) is 34.7 Å². The van der Waals surface area contributed by atoms with Crippen molar-refractivity contribution in [3.8, 4) is 11.1 Å². The quantitative estimate of drug-likeness (QED) is 0.521. The molecule has 144 valence electrons. The Hall–Kier alpha value is -3.60. The number of hydrogen-bond donors (Lipinski definition) is 2. The third-order valence-electron chi connectivity index (χ3n) is 5.89. The Morgan fingerprint density at radius 1 is 1.14 bits per heavy atom. The number of carbonyl (C=O) groups is 1. The number of hydrogen-bond acceptors (Lipinski definition) is 2. The molecule has 1 aliphatic rings. The van der Waals surface area contributed by atoms with Crippen molar-refractivity contribution in [2.45, 2.75) is 12.3 Å². The zero-order valence-corrected chi connectivity index (χ0v) is 15.9. The minimum Gasteiger partial charge on any atom is -0.361 e. The Kier molecular flexibility index (Phi) is 4.09. The van der Waals surface area contributed by atoms with Crippen molar-refractivity contribution in [3.05, 3.63) is 83.4 Å². The molecule has 1 amide bonds. The normalized spacial score (nSPS) is 16.6. The number of aromatic nitrogens is 2. The zero-order chi connectivity index (χ0) is 20.0. The largest absolute Gasteiger partial charge is 0.361 e. The van der Waals surface area contributed by atoms with Gasteiger partial charge in [0.1, 0.15) is 0 Å². The van der Waals surface area contributed by atoms with Crippen molar-refractivity contribution >= 4 is 27.6 Å². The van der Waals surface area contributed by atoms with Gasteiger partial charge in [-0.25, -0.2) is 0 Å². The highest BCUT2D eigenvalue weighted by atomic mass is 16.2. The number of amides is 1. The number of benzene rings is 2. The number of nitrogens with zero attached hydrogens (tertiary/aromatic N) is 1. The summed E-state index contributed by atoms with van der Waals surface area (Å²) in [6, 6.07) is 16.3. The highest BCUT2D eigenvalue weighted by Crippen LogP contribution is 2.31. The SMILES string of the molecule is C=CC(=O)N1CCC(c2cc3ccc(-c4cccc5[nH]ccc45)cc3c(=O)[nH]2)C1. The second-order valence-corrected chi connectivity index (χ2v) is 7.57. The first kappa shape index (κ1) is 17.5. The van der Waals surface area contributed by atoms with E-state index in [1.54, 1.807) is 4.90 Å². The molecule has 0 radical (unpaired) electrons. The third-order valence-corrected chi connectivity index (χ3v) is 5.89. The van der Waals surface area contributed by atoms with Crippen LogP contribution < -0.4 is 5.56 Å². The molecule has 2 N–H and O–H groups in total. The van der Waals surface area contributed by atoms with Gasteiger partial charge < -0.3 is 14.9 Å². The van der Waals surface area contributed by atoms with Crippen molar-refractivity contribution in [3.63, 3.8) is 0 Å². The summed E-state index contributed by atoms with van der Waals surface area (Å²) in [4.78, 5) is 32.8. The molecule has 0 bridgehead atoms. The second-order valence-electron chi connectivity index (χ2n) is 7.57. The molecule has 5 rings (SSSR count). The number of H-pyrrole nitrogens is 2. The molecule has 4 aromatic rings. The van der Waals surface area contributed by atoms with Crippen LogP contribution in [-0.2, 0) is 4.79 Å². The van der Waals surface area contributed by atoms with Crippen molar-refractivity contribution in [1.29, 1.82) is 0 Å². The van der Waals surface area contributed by atoms with Crippen LogP contribution in [-0.4, -0.2) is 33.9 Å². The lowest BCUT2D eigenvalue weighted by Gasteiger charge is -2.15. The predicted molar refractivity (Wildman–Crippen MR) is 116 cm³/mol. The lowest BCUT2D eigenvalue weighted by molar-refractivity contribution is -0.125. The Balaban J connectivity index is 1.54. The molecule has 0 saturated carbocycles. The van der Waals surface area contributed by atoms with Gasteiger partial charge in [-0.05, 0) is 53.3 Å². The Morgan fingerprint density at radius 3 is 2.90 bits per heavy atom. The van der Waals surface area contributed by atoms with Crippen LogP contribution >= 0.6 is 0 Å². The maximum absolute atomic E-state index is 12.9. The van der Waals surface area contributed by atoms with Crippen LogP contribution in [0, 0.1) is 0 Å². The van der Waals surface area contributed by atoms with Crippen LogP contribution in [0.5, 0.6) is 0 Å². The summed E-state index contributed by atoms with van der Waals surface area (Å²) in [6.07, 6.45) is 4.11. The molecule has 5 heteroatoms. The number of nitrogens with one attached hydrogen (secondary N) is 2. The van der Waals surface area contributed by atoms with Gasteiger partial charge in [0, 0.05) is 47.2 Å². The first-order chi connectivity index (χ1) is 14.1. The van der Waals surface area contributed by atoms with Gasteiger partial charge in [-0.1, -0.05) is 30.8 Å². The van der Waals surface area contributed by atoms with E-state index >= 15 is 0 Å². The smallest absolute Gasteiger partial charge is 0.256 e. The first-order valence-electron chi connectivity index (χ1n) is 9.79. The molecule has 1 unspecified atom stereocenters. The average Bonchev–Trinajstić information content (AvgIpc) is 3.42. The fourth-order valence-corrected chi connectivity index (χ4v) is 4.35. The van der Waals surface area contributed by atoms with Crippen LogP contribution in [0.4, 0.5) is 0 Å². The van der Waals surface area contributed by atoms with Crippen molar-refractivity contribution in [2.24, 2.45) is 0 Å². The molecule has 0 aliphatic carbocycles. The predicted octanol–water partition coefficient (Wildman–Crippen LogP) is 4.18. The number of carbonyl (C=O) groups excluding carboxylic acids is 1. The minimum absolute atomic E-state index is 0.0563. The summed E-state index contributed by atoms with van der Waals surface area (Å²) in [5, 5.41) is 2.73. The van der Waals surface area contributed by atoms with Crippen molar-refractivity contribution in [2.75, 3.05) is 13.1 Å². The van der Waals surface area contributed by atoms with E-state index in [0.717, 1.165) is 39.5 Å². The molecular formula is C24H21N3O2. The molecular weight excluding hydrogens is 362 g/mol. The van der Waals surface area contributed by atoms with Gasteiger partial charge in [0.2, 0.25) is 5.91 Å². The van der Waals surface area contributed by atoms with Gasteiger partial charge in [0.25, 0.3) is 5.56 Å². The van der Waals surface area contributed by atoms with Gasteiger partial charge in [-0.15, -0.1) is 0 Å². The monoisotopic (exact) mass is 383 g/mol. The number of fused-ring (bicyclic) bond motifs is 2. The van der Waals surface area contributed by atoms with Gasteiger partial charge in [-0.3, -0.25) is 9.59 Å². The molecule has 2 aromatic carbocycles. The van der Waals surface area contributed by atoms with E-state index in [1.165, 1.54) is 6.08 Å². The molecule has 1 aliphatic heterocycles. The third kappa shape index (κ3) is 2.95. The molecule has 0 spiro atoms. The van der Waals surface area contributed by atoms with Crippen molar-refractivity contribution in [1.82, 2.24) is 14.9 Å². The van der Waals surface area contributed by atoms with Gasteiger partial charge >= 0.3 is 0 Å². The van der Waals surface area contributed by atoms with Crippen LogP contribution in [0.2, 0.25) is 0 Å². The standard InChI is InChI=1S/C24H21N3O2/c1-2-23(28)27-11-9-17(14-27)22-13-16-7-6-15(12-20(16)24(29)26-22)18-4-3-5-21-19(18)8-10-25-21/h2-8,10,12-13,17,25H,1,9,11,14H2,(H,26,29).